The first-order valence-corrected chi connectivity index (χ1v) is 12.4. The highest BCUT2D eigenvalue weighted by Gasteiger charge is 2.17. The molecule has 8 heteroatoms. The van der Waals surface area contributed by atoms with Crippen molar-refractivity contribution in [1.82, 2.24) is 14.9 Å². The van der Waals surface area contributed by atoms with Crippen LogP contribution in [0.1, 0.15) is 44.9 Å². The minimum atomic E-state index is -3.45. The summed E-state index contributed by atoms with van der Waals surface area (Å²) >= 11 is 0. The summed E-state index contributed by atoms with van der Waals surface area (Å²) in [6.45, 7) is 3.48. The molecule has 0 saturated heterocycles. The number of hydrogen-bond donors (Lipinski definition) is 2. The average Bonchev–Trinajstić information content (AvgIpc) is 2.75. The molecule has 0 atom stereocenters. The SMILES string of the molecule is CN(CCNCCCCNS(=O)(=O)c1ccc2ccccc2c1)C1CCCCC1.Cl.Cl. The van der Waals surface area contributed by atoms with Gasteiger partial charge in [-0.05, 0) is 62.2 Å². The van der Waals surface area contributed by atoms with Crippen LogP contribution in [0.3, 0.4) is 0 Å². The molecule has 0 spiro atoms. The Hall–Kier alpha value is -0.890. The van der Waals surface area contributed by atoms with Crippen LogP contribution in [0, 0.1) is 0 Å². The molecule has 0 heterocycles. The second kappa shape index (κ2) is 14.3. The van der Waals surface area contributed by atoms with E-state index >= 15 is 0 Å². The second-order valence-electron chi connectivity index (χ2n) is 8.14. The number of hydrogen-bond acceptors (Lipinski definition) is 4. The molecule has 2 aromatic carbocycles. The van der Waals surface area contributed by atoms with E-state index in [4.69, 9.17) is 0 Å². The van der Waals surface area contributed by atoms with Crippen LogP contribution in [-0.2, 0) is 10.0 Å². The summed E-state index contributed by atoms with van der Waals surface area (Å²) in [4.78, 5) is 2.82. The Morgan fingerprint density at radius 1 is 0.903 bits per heavy atom. The first-order chi connectivity index (χ1) is 14.1. The molecule has 1 aliphatic rings. The Bertz CT molecular complexity index is 874. The van der Waals surface area contributed by atoms with Crippen LogP contribution in [0.2, 0.25) is 0 Å². The van der Waals surface area contributed by atoms with Crippen LogP contribution in [0.25, 0.3) is 10.8 Å². The second-order valence-corrected chi connectivity index (χ2v) is 9.90. The molecule has 0 radical (unpaired) electrons. The molecule has 0 aromatic heterocycles. The van der Waals surface area contributed by atoms with Gasteiger partial charge in [-0.3, -0.25) is 0 Å². The lowest BCUT2D eigenvalue weighted by Gasteiger charge is -2.31. The van der Waals surface area contributed by atoms with Crippen LogP contribution in [0.5, 0.6) is 0 Å². The Balaban J connectivity index is 0.00000240. The van der Waals surface area contributed by atoms with Crippen molar-refractivity contribution >= 4 is 45.6 Å². The van der Waals surface area contributed by atoms with Gasteiger partial charge in [0.2, 0.25) is 10.0 Å². The molecule has 1 aliphatic carbocycles. The van der Waals surface area contributed by atoms with Crippen LogP contribution < -0.4 is 10.0 Å². The van der Waals surface area contributed by atoms with Crippen molar-refractivity contribution < 1.29 is 8.42 Å². The fourth-order valence-electron chi connectivity index (χ4n) is 4.08. The van der Waals surface area contributed by atoms with Crippen molar-refractivity contribution in [2.24, 2.45) is 0 Å². The summed E-state index contributed by atoms with van der Waals surface area (Å²) in [5, 5.41) is 5.48. The highest BCUT2D eigenvalue weighted by molar-refractivity contribution is 7.89. The number of nitrogens with zero attached hydrogens (tertiary/aromatic N) is 1. The van der Waals surface area contributed by atoms with Gasteiger partial charge in [0, 0.05) is 25.7 Å². The zero-order valence-corrected chi connectivity index (χ0v) is 20.8. The molecule has 0 aliphatic heterocycles. The predicted molar refractivity (Wildman–Crippen MR) is 135 cm³/mol. The van der Waals surface area contributed by atoms with Crippen molar-refractivity contribution in [3.63, 3.8) is 0 Å². The molecule has 3 rings (SSSR count). The molecule has 31 heavy (non-hydrogen) atoms. The molecule has 0 amide bonds. The third-order valence-corrected chi connectivity index (χ3v) is 7.40. The van der Waals surface area contributed by atoms with Gasteiger partial charge in [-0.15, -0.1) is 24.8 Å². The molecule has 0 unspecified atom stereocenters. The predicted octanol–water partition coefficient (Wildman–Crippen LogP) is 4.60. The Labute approximate surface area is 200 Å². The van der Waals surface area contributed by atoms with Gasteiger partial charge in [0.25, 0.3) is 0 Å². The Kier molecular flexibility index (Phi) is 13.0. The minimum absolute atomic E-state index is 0. The van der Waals surface area contributed by atoms with E-state index in [1.54, 1.807) is 12.1 Å². The number of sulfonamides is 1. The van der Waals surface area contributed by atoms with Crippen LogP contribution in [-0.4, -0.2) is 52.6 Å². The fourth-order valence-corrected chi connectivity index (χ4v) is 5.19. The van der Waals surface area contributed by atoms with Gasteiger partial charge in [0.1, 0.15) is 0 Å². The average molecular weight is 491 g/mol. The van der Waals surface area contributed by atoms with Gasteiger partial charge in [-0.1, -0.05) is 49.6 Å². The normalized spacial score (nSPS) is 14.9. The smallest absolute Gasteiger partial charge is 0.240 e. The molecule has 0 bridgehead atoms. The summed E-state index contributed by atoms with van der Waals surface area (Å²) in [6, 6.07) is 13.8. The lowest BCUT2D eigenvalue weighted by Crippen LogP contribution is -2.38. The van der Waals surface area contributed by atoms with E-state index in [0.29, 0.717) is 11.4 Å². The van der Waals surface area contributed by atoms with E-state index in [2.05, 4.69) is 22.0 Å². The number of benzene rings is 2. The minimum Gasteiger partial charge on any atom is -0.315 e. The lowest BCUT2D eigenvalue weighted by molar-refractivity contribution is 0.192. The topological polar surface area (TPSA) is 61.4 Å². The Morgan fingerprint density at radius 2 is 1.58 bits per heavy atom. The van der Waals surface area contributed by atoms with Crippen molar-refractivity contribution in [3.8, 4) is 0 Å². The molecular formula is C23H37Cl2N3O2S. The van der Waals surface area contributed by atoms with Gasteiger partial charge >= 0.3 is 0 Å². The van der Waals surface area contributed by atoms with Crippen molar-refractivity contribution in [1.29, 1.82) is 0 Å². The van der Waals surface area contributed by atoms with E-state index in [9.17, 15) is 8.42 Å². The number of nitrogens with one attached hydrogen (secondary N) is 2. The summed E-state index contributed by atoms with van der Waals surface area (Å²) in [5.74, 6) is 0. The van der Waals surface area contributed by atoms with Gasteiger partial charge in [0.05, 0.1) is 4.90 Å². The summed E-state index contributed by atoms with van der Waals surface area (Å²) in [6.07, 6.45) is 8.62. The maximum absolute atomic E-state index is 12.5. The lowest BCUT2D eigenvalue weighted by atomic mass is 9.94. The number of rotatable bonds is 11. The first-order valence-electron chi connectivity index (χ1n) is 11.0. The van der Waals surface area contributed by atoms with Gasteiger partial charge < -0.3 is 10.2 Å². The molecular weight excluding hydrogens is 453 g/mol. The monoisotopic (exact) mass is 489 g/mol. The number of unbranched alkanes of at least 4 members (excludes halogenated alkanes) is 1. The first kappa shape index (κ1) is 28.1. The zero-order valence-electron chi connectivity index (χ0n) is 18.4. The Morgan fingerprint density at radius 3 is 2.32 bits per heavy atom. The highest BCUT2D eigenvalue weighted by atomic mass is 35.5. The number of halogens is 2. The molecule has 2 aromatic rings. The molecule has 1 fully saturated rings. The van der Waals surface area contributed by atoms with Gasteiger partial charge in [-0.2, -0.15) is 0 Å². The van der Waals surface area contributed by atoms with Crippen molar-refractivity contribution in [2.45, 2.75) is 55.9 Å². The van der Waals surface area contributed by atoms with E-state index in [0.717, 1.165) is 49.3 Å². The molecule has 5 nitrogen and oxygen atoms in total. The molecule has 1 saturated carbocycles. The number of fused-ring (bicyclic) bond motifs is 1. The summed E-state index contributed by atoms with van der Waals surface area (Å²) in [5.41, 5.74) is 0. The van der Waals surface area contributed by atoms with E-state index < -0.39 is 10.0 Å². The quantitative estimate of drug-likeness (QED) is 0.452. The third kappa shape index (κ3) is 8.87. The van der Waals surface area contributed by atoms with Crippen LogP contribution in [0.4, 0.5) is 0 Å². The van der Waals surface area contributed by atoms with Crippen molar-refractivity contribution in [2.75, 3.05) is 33.2 Å². The van der Waals surface area contributed by atoms with Gasteiger partial charge in [-0.25, -0.2) is 13.1 Å². The van der Waals surface area contributed by atoms with Crippen LogP contribution >= 0.6 is 24.8 Å². The number of likely N-dealkylation sites (N-methyl/N-ethyl adjacent to an activating group) is 1. The molecule has 176 valence electrons. The third-order valence-electron chi connectivity index (χ3n) is 5.94. The highest BCUT2D eigenvalue weighted by Crippen LogP contribution is 2.21. The van der Waals surface area contributed by atoms with Crippen LogP contribution in [0.15, 0.2) is 47.4 Å². The standard InChI is InChI=1S/C23H35N3O2S.2ClH/c1-26(22-11-3-2-4-12-22)18-17-24-15-7-8-16-25-29(27,28)23-14-13-20-9-5-6-10-21(20)19-23;;/h5-6,9-10,13-14,19,22,24-25H,2-4,7-8,11-12,15-18H2,1H3;2*1H. The van der Waals surface area contributed by atoms with E-state index in [1.807, 2.05) is 30.3 Å². The maximum atomic E-state index is 12.5. The molecule has 2 N–H and O–H groups in total. The zero-order chi connectivity index (χ0) is 20.5. The summed E-state index contributed by atoms with van der Waals surface area (Å²) in [7, 11) is -1.21. The van der Waals surface area contributed by atoms with E-state index in [1.165, 1.54) is 32.1 Å². The summed E-state index contributed by atoms with van der Waals surface area (Å²) < 4.78 is 27.7. The fraction of sp³-hybridized carbons (Fsp3) is 0.565. The maximum Gasteiger partial charge on any atom is 0.240 e. The van der Waals surface area contributed by atoms with Crippen molar-refractivity contribution in [3.05, 3.63) is 42.5 Å². The van der Waals surface area contributed by atoms with Gasteiger partial charge in [0.15, 0.2) is 0 Å². The van der Waals surface area contributed by atoms with E-state index in [-0.39, 0.29) is 24.8 Å². The largest absolute Gasteiger partial charge is 0.315 e.